The molecule has 10 nitrogen and oxygen atoms in total. The lowest BCUT2D eigenvalue weighted by molar-refractivity contribution is -0.389. The summed E-state index contributed by atoms with van der Waals surface area (Å²) in [7, 11) is 8.01. The molecule has 0 atom stereocenters. The third kappa shape index (κ3) is 9.25. The Hall–Kier alpha value is -7.98. The summed E-state index contributed by atoms with van der Waals surface area (Å²) in [4.78, 5) is 32.0. The van der Waals surface area contributed by atoms with Crippen LogP contribution < -0.4 is 19.6 Å². The standard InChI is InChI=1S/C50H44N6O4/c1-51(2)41-27-31-47(32-28-41)53(43-11-7-5-8-12-43)45-23-17-37(18-24-45)15-21-39-35-50(56(59)60)40(36-49(39)55(57)58)22-16-38-19-25-46(26-20-38)54(44-13-9-6-10-14-44)48-33-29-42(30-34-48)52(3)4/h5-36H,1-4H3. The Bertz CT molecular complexity index is 2440. The summed E-state index contributed by atoms with van der Waals surface area (Å²) in [6.07, 6.45) is 6.55. The second kappa shape index (κ2) is 18.1. The zero-order chi connectivity index (χ0) is 42.2. The summed E-state index contributed by atoms with van der Waals surface area (Å²) in [5, 5.41) is 24.7. The fourth-order valence-corrected chi connectivity index (χ4v) is 6.88. The fourth-order valence-electron chi connectivity index (χ4n) is 6.88. The first-order valence-corrected chi connectivity index (χ1v) is 19.3. The maximum absolute atomic E-state index is 12.3. The first kappa shape index (κ1) is 40.2. The number of hydrogen-bond acceptors (Lipinski definition) is 8. The van der Waals surface area contributed by atoms with Crippen molar-refractivity contribution in [1.29, 1.82) is 0 Å². The van der Waals surface area contributed by atoms with E-state index in [1.54, 1.807) is 24.3 Å². The highest BCUT2D eigenvalue weighted by Crippen LogP contribution is 2.38. The average Bonchev–Trinajstić information content (AvgIpc) is 3.27. The molecule has 7 aromatic rings. The predicted octanol–water partition coefficient (Wildman–Crippen LogP) is 12.9. The van der Waals surface area contributed by atoms with Gasteiger partial charge < -0.3 is 19.6 Å². The van der Waals surface area contributed by atoms with Crippen LogP contribution in [0.1, 0.15) is 22.3 Å². The molecule has 0 aliphatic carbocycles. The summed E-state index contributed by atoms with van der Waals surface area (Å²) in [5.74, 6) is 0. The lowest BCUT2D eigenvalue weighted by Gasteiger charge is -2.26. The van der Waals surface area contributed by atoms with E-state index in [0.29, 0.717) is 0 Å². The molecule has 0 N–H and O–H groups in total. The van der Waals surface area contributed by atoms with E-state index in [9.17, 15) is 20.2 Å². The molecule has 0 spiro atoms. The van der Waals surface area contributed by atoms with Crippen LogP contribution in [0.15, 0.2) is 170 Å². The maximum atomic E-state index is 12.3. The van der Waals surface area contributed by atoms with Crippen molar-refractivity contribution in [1.82, 2.24) is 0 Å². The van der Waals surface area contributed by atoms with Crippen LogP contribution in [0.4, 0.5) is 56.9 Å². The predicted molar refractivity (Wildman–Crippen MR) is 249 cm³/mol. The third-order valence-electron chi connectivity index (χ3n) is 10.1. The lowest BCUT2D eigenvalue weighted by atomic mass is 10.0. The van der Waals surface area contributed by atoms with Crippen molar-refractivity contribution in [2.75, 3.05) is 47.8 Å². The number of hydrogen-bond donors (Lipinski definition) is 0. The summed E-state index contributed by atoms with van der Waals surface area (Å²) >= 11 is 0. The van der Waals surface area contributed by atoms with Crippen LogP contribution in [0.5, 0.6) is 0 Å². The van der Waals surface area contributed by atoms with Gasteiger partial charge in [0.15, 0.2) is 0 Å². The number of nitro benzene ring substituents is 2. The summed E-state index contributed by atoms with van der Waals surface area (Å²) in [6.45, 7) is 0. The van der Waals surface area contributed by atoms with Gasteiger partial charge in [-0.2, -0.15) is 0 Å². The molecular formula is C50H44N6O4. The Morgan fingerprint density at radius 3 is 0.917 bits per heavy atom. The zero-order valence-electron chi connectivity index (χ0n) is 33.8. The first-order chi connectivity index (χ1) is 29.0. The van der Waals surface area contributed by atoms with Crippen molar-refractivity contribution in [2.45, 2.75) is 0 Å². The Labute approximate surface area is 350 Å². The molecule has 0 saturated heterocycles. The van der Waals surface area contributed by atoms with Gasteiger partial charge in [-0.3, -0.25) is 20.2 Å². The highest BCUT2D eigenvalue weighted by molar-refractivity contribution is 5.84. The van der Waals surface area contributed by atoms with E-state index >= 15 is 0 Å². The van der Waals surface area contributed by atoms with E-state index in [1.165, 1.54) is 12.1 Å². The number of nitrogens with zero attached hydrogens (tertiary/aromatic N) is 6. The van der Waals surface area contributed by atoms with Crippen molar-refractivity contribution in [3.63, 3.8) is 0 Å². The van der Waals surface area contributed by atoms with Crippen LogP contribution in [0.3, 0.4) is 0 Å². The molecule has 0 saturated carbocycles. The second-order valence-electron chi connectivity index (χ2n) is 14.5. The van der Waals surface area contributed by atoms with Gasteiger partial charge in [-0.15, -0.1) is 0 Å². The Morgan fingerprint density at radius 1 is 0.367 bits per heavy atom. The Balaban J connectivity index is 1.14. The molecule has 0 bridgehead atoms. The fraction of sp³-hybridized carbons (Fsp3) is 0.0800. The number of rotatable bonds is 14. The third-order valence-corrected chi connectivity index (χ3v) is 10.1. The molecule has 7 aromatic carbocycles. The van der Waals surface area contributed by atoms with E-state index in [4.69, 9.17) is 0 Å². The molecule has 0 radical (unpaired) electrons. The van der Waals surface area contributed by atoms with Gasteiger partial charge in [0.05, 0.1) is 21.0 Å². The van der Waals surface area contributed by atoms with E-state index in [2.05, 4.69) is 58.3 Å². The van der Waals surface area contributed by atoms with Gasteiger partial charge >= 0.3 is 0 Å². The van der Waals surface area contributed by atoms with E-state index in [0.717, 1.165) is 56.6 Å². The number of nitro groups is 2. The van der Waals surface area contributed by atoms with Crippen molar-refractivity contribution in [3.8, 4) is 0 Å². The Morgan fingerprint density at radius 2 is 0.633 bits per heavy atom. The van der Waals surface area contributed by atoms with Crippen molar-refractivity contribution < 1.29 is 9.85 Å². The smallest absolute Gasteiger partial charge is 0.277 e. The molecule has 298 valence electrons. The average molecular weight is 793 g/mol. The van der Waals surface area contributed by atoms with Crippen molar-refractivity contribution in [2.24, 2.45) is 0 Å². The van der Waals surface area contributed by atoms with Crippen LogP contribution in [0, 0.1) is 20.2 Å². The van der Waals surface area contributed by atoms with Crippen molar-refractivity contribution >= 4 is 81.2 Å². The van der Waals surface area contributed by atoms with Gasteiger partial charge in [0.1, 0.15) is 0 Å². The van der Waals surface area contributed by atoms with Crippen LogP contribution in [0.2, 0.25) is 0 Å². The highest BCUT2D eigenvalue weighted by atomic mass is 16.6. The SMILES string of the molecule is CN(C)c1ccc(N(c2ccccc2)c2ccc(C=Cc3cc([N+](=O)[O-])c(C=Cc4ccc(N(c5ccccc5)c5ccc(N(C)C)cc5)cc4)cc3[N+](=O)[O-])cc2)cc1. The first-order valence-electron chi connectivity index (χ1n) is 19.3. The van der Waals surface area contributed by atoms with Gasteiger partial charge in [0.25, 0.3) is 11.4 Å². The van der Waals surface area contributed by atoms with Gasteiger partial charge in [0.2, 0.25) is 0 Å². The molecule has 0 unspecified atom stereocenters. The van der Waals surface area contributed by atoms with Gasteiger partial charge in [-0.05, 0) is 120 Å². The normalized spacial score (nSPS) is 11.1. The number of para-hydroxylation sites is 2. The molecule has 60 heavy (non-hydrogen) atoms. The Kier molecular flexibility index (Phi) is 12.1. The summed E-state index contributed by atoms with van der Waals surface area (Å²) < 4.78 is 0. The summed E-state index contributed by atoms with van der Waals surface area (Å²) in [6, 6.07) is 54.8. The quantitative estimate of drug-likeness (QED) is 0.0610. The molecule has 0 aliphatic heterocycles. The van der Waals surface area contributed by atoms with Gasteiger partial charge in [-0.1, -0.05) is 72.8 Å². The number of benzene rings is 7. The van der Waals surface area contributed by atoms with Crippen LogP contribution >= 0.6 is 0 Å². The number of anilines is 8. The minimum absolute atomic E-state index is 0.129. The lowest BCUT2D eigenvalue weighted by Crippen LogP contribution is -2.11. The molecule has 0 amide bonds. The van der Waals surface area contributed by atoms with E-state index in [-0.39, 0.29) is 22.5 Å². The van der Waals surface area contributed by atoms with Crippen LogP contribution in [0.25, 0.3) is 24.3 Å². The molecule has 0 aromatic heterocycles. The molecule has 0 aliphatic rings. The molecule has 7 rings (SSSR count). The monoisotopic (exact) mass is 792 g/mol. The highest BCUT2D eigenvalue weighted by Gasteiger charge is 2.22. The van der Waals surface area contributed by atoms with E-state index < -0.39 is 9.85 Å². The zero-order valence-corrected chi connectivity index (χ0v) is 33.8. The van der Waals surface area contributed by atoms with Crippen LogP contribution in [-0.2, 0) is 0 Å². The topological polar surface area (TPSA) is 99.2 Å². The largest absolute Gasteiger partial charge is 0.378 e. The molecule has 10 heteroatoms. The van der Waals surface area contributed by atoms with Crippen molar-refractivity contribution in [3.05, 3.63) is 212 Å². The molecule has 0 heterocycles. The second-order valence-corrected chi connectivity index (χ2v) is 14.5. The maximum Gasteiger partial charge on any atom is 0.277 e. The minimum Gasteiger partial charge on any atom is -0.378 e. The molecule has 0 fully saturated rings. The minimum atomic E-state index is -0.513. The van der Waals surface area contributed by atoms with Gasteiger partial charge in [0, 0.05) is 85.8 Å². The van der Waals surface area contributed by atoms with Crippen LogP contribution in [-0.4, -0.2) is 38.0 Å². The van der Waals surface area contributed by atoms with E-state index in [1.807, 2.05) is 147 Å². The van der Waals surface area contributed by atoms with Gasteiger partial charge in [-0.25, -0.2) is 0 Å². The summed E-state index contributed by atoms with van der Waals surface area (Å²) in [5.41, 5.74) is 9.31. The molecular weight excluding hydrogens is 749 g/mol.